The summed E-state index contributed by atoms with van der Waals surface area (Å²) in [5.74, 6) is -0.348. The molecule has 3 aliphatic rings. The fourth-order valence-electron chi connectivity index (χ4n) is 5.30. The van der Waals surface area contributed by atoms with E-state index in [0.29, 0.717) is 24.4 Å². The number of rotatable bonds is 7. The van der Waals surface area contributed by atoms with E-state index in [-0.39, 0.29) is 16.6 Å². The zero-order valence-corrected chi connectivity index (χ0v) is 22.1. The molecule has 7 nitrogen and oxygen atoms in total. The van der Waals surface area contributed by atoms with Crippen LogP contribution in [0.15, 0.2) is 22.5 Å². The molecule has 0 spiro atoms. The highest BCUT2D eigenvalue weighted by atomic mass is 32.2. The van der Waals surface area contributed by atoms with Gasteiger partial charge < -0.3 is 19.5 Å². The van der Waals surface area contributed by atoms with Gasteiger partial charge in [0.25, 0.3) is 0 Å². The average Bonchev–Trinajstić information content (AvgIpc) is 3.21. The summed E-state index contributed by atoms with van der Waals surface area (Å²) in [6.07, 6.45) is 17.7. The average molecular weight is 507 g/mol. The monoisotopic (exact) mass is 506 g/mol. The highest BCUT2D eigenvalue weighted by Crippen LogP contribution is 2.40. The number of carbonyl (C=O) groups excluding carboxylic acids is 2. The second-order valence-electron chi connectivity index (χ2n) is 9.44. The molecule has 1 atom stereocenters. The minimum Gasteiger partial charge on any atom is -0.461 e. The molecule has 1 aromatic rings. The molecule has 34 heavy (non-hydrogen) atoms. The van der Waals surface area contributed by atoms with Crippen LogP contribution in [0.3, 0.4) is 0 Å². The number of thioether (sulfide) groups is 2. The van der Waals surface area contributed by atoms with Crippen molar-refractivity contribution in [2.75, 3.05) is 6.61 Å². The van der Waals surface area contributed by atoms with Crippen LogP contribution >= 0.6 is 23.5 Å². The van der Waals surface area contributed by atoms with Crippen molar-refractivity contribution in [2.45, 2.75) is 106 Å². The van der Waals surface area contributed by atoms with Gasteiger partial charge in [-0.15, -0.1) is 0 Å². The maximum absolute atomic E-state index is 13.6. The molecule has 0 radical (unpaired) electrons. The Morgan fingerprint density at radius 2 is 1.76 bits per heavy atom. The molecule has 2 fully saturated rings. The number of hydrogen-bond donors (Lipinski definition) is 1. The van der Waals surface area contributed by atoms with Gasteiger partial charge in [-0.1, -0.05) is 68.1 Å². The smallest absolute Gasteiger partial charge is 0.356 e. The first-order chi connectivity index (χ1) is 16.6. The van der Waals surface area contributed by atoms with Crippen molar-refractivity contribution in [1.82, 2.24) is 19.8 Å². The van der Waals surface area contributed by atoms with Crippen molar-refractivity contribution < 1.29 is 14.3 Å². The fourth-order valence-corrected chi connectivity index (χ4v) is 7.81. The summed E-state index contributed by atoms with van der Waals surface area (Å²) in [7, 11) is 1.85. The number of urea groups is 1. The zero-order chi connectivity index (χ0) is 23.9. The highest BCUT2D eigenvalue weighted by Gasteiger charge is 2.33. The Kier molecular flexibility index (Phi) is 9.28. The van der Waals surface area contributed by atoms with Crippen molar-refractivity contribution >= 4 is 35.5 Å². The molecule has 2 saturated carbocycles. The predicted molar refractivity (Wildman–Crippen MR) is 138 cm³/mol. The molecule has 0 bridgehead atoms. The minimum atomic E-state index is -0.348. The molecular weight excluding hydrogens is 468 g/mol. The van der Waals surface area contributed by atoms with E-state index in [1.165, 1.54) is 38.5 Å². The van der Waals surface area contributed by atoms with Crippen LogP contribution in [0.4, 0.5) is 4.79 Å². The minimum absolute atomic E-state index is 0.0878. The van der Waals surface area contributed by atoms with Gasteiger partial charge in [-0.2, -0.15) is 0 Å². The summed E-state index contributed by atoms with van der Waals surface area (Å²) in [6, 6.07) is 0.847. The maximum atomic E-state index is 13.6. The summed E-state index contributed by atoms with van der Waals surface area (Å²) in [6.45, 7) is 2.14. The Labute approximate surface area is 211 Å². The molecule has 1 aromatic heterocycles. The number of hydrogen-bond acceptors (Lipinski definition) is 6. The van der Waals surface area contributed by atoms with E-state index in [9.17, 15) is 9.59 Å². The van der Waals surface area contributed by atoms with E-state index in [2.05, 4.69) is 21.3 Å². The molecule has 2 amide bonds. The van der Waals surface area contributed by atoms with Gasteiger partial charge in [-0.25, -0.2) is 14.6 Å². The van der Waals surface area contributed by atoms with Gasteiger partial charge in [0.1, 0.15) is 5.69 Å². The Morgan fingerprint density at radius 1 is 1.12 bits per heavy atom. The third kappa shape index (κ3) is 6.33. The van der Waals surface area contributed by atoms with Crippen LogP contribution in [0.2, 0.25) is 0 Å². The van der Waals surface area contributed by atoms with Gasteiger partial charge >= 0.3 is 12.0 Å². The number of ether oxygens (including phenoxy) is 1. The summed E-state index contributed by atoms with van der Waals surface area (Å²) >= 11 is 3.34. The van der Waals surface area contributed by atoms with Crippen molar-refractivity contribution in [3.63, 3.8) is 0 Å². The van der Waals surface area contributed by atoms with E-state index < -0.39 is 0 Å². The van der Waals surface area contributed by atoms with E-state index in [1.54, 1.807) is 41.2 Å². The summed E-state index contributed by atoms with van der Waals surface area (Å²) in [5, 5.41) is 5.02. The maximum Gasteiger partial charge on any atom is 0.356 e. The SMILES string of the molecule is CCOC(=O)c1cnc(SC2CCC=C(NC(=O)N(C3CCCCC3)C3CCCCC3)S2)n1C. The number of imidazole rings is 1. The molecule has 4 rings (SSSR count). The Morgan fingerprint density at radius 3 is 2.38 bits per heavy atom. The highest BCUT2D eigenvalue weighted by molar-refractivity contribution is 8.18. The van der Waals surface area contributed by atoms with Gasteiger partial charge in [0.15, 0.2) is 5.16 Å². The Bertz CT molecular complexity index is 858. The lowest BCUT2D eigenvalue weighted by Crippen LogP contribution is -2.52. The number of allylic oxidation sites excluding steroid dienone is 1. The van der Waals surface area contributed by atoms with E-state index in [0.717, 1.165) is 48.7 Å². The number of nitrogens with one attached hydrogen (secondary N) is 1. The van der Waals surface area contributed by atoms with Crippen LogP contribution in [-0.2, 0) is 11.8 Å². The summed E-state index contributed by atoms with van der Waals surface area (Å²) in [5.41, 5.74) is 0.463. The fraction of sp³-hybridized carbons (Fsp3) is 0.720. The summed E-state index contributed by atoms with van der Waals surface area (Å²) < 4.78 is 7.15. The van der Waals surface area contributed by atoms with Crippen LogP contribution in [-0.4, -0.2) is 49.7 Å². The number of esters is 1. The van der Waals surface area contributed by atoms with E-state index >= 15 is 0 Å². The number of amides is 2. The molecular formula is C25H38N4O3S2. The second-order valence-corrected chi connectivity index (χ2v) is 12.2. The van der Waals surface area contributed by atoms with Crippen LogP contribution < -0.4 is 5.32 Å². The van der Waals surface area contributed by atoms with Crippen LogP contribution in [0.5, 0.6) is 0 Å². The first-order valence-electron chi connectivity index (χ1n) is 12.9. The predicted octanol–water partition coefficient (Wildman–Crippen LogP) is 6.06. The molecule has 2 aliphatic carbocycles. The molecule has 2 heterocycles. The van der Waals surface area contributed by atoms with Crippen molar-refractivity contribution in [3.8, 4) is 0 Å². The zero-order valence-electron chi connectivity index (χ0n) is 20.5. The quantitative estimate of drug-likeness (QED) is 0.453. The van der Waals surface area contributed by atoms with E-state index in [4.69, 9.17) is 4.74 Å². The lowest BCUT2D eigenvalue weighted by molar-refractivity contribution is 0.0514. The molecule has 1 N–H and O–H groups in total. The van der Waals surface area contributed by atoms with Gasteiger partial charge in [0, 0.05) is 19.1 Å². The Balaban J connectivity index is 1.38. The van der Waals surface area contributed by atoms with Crippen LogP contribution in [0, 0.1) is 0 Å². The molecule has 0 aromatic carbocycles. The number of carbonyl (C=O) groups is 2. The molecule has 1 aliphatic heterocycles. The second kappa shape index (κ2) is 12.4. The third-order valence-corrected chi connectivity index (χ3v) is 9.75. The van der Waals surface area contributed by atoms with Gasteiger partial charge in [0.05, 0.1) is 22.4 Å². The Hall–Kier alpha value is -1.61. The number of nitrogens with zero attached hydrogens (tertiary/aromatic N) is 3. The van der Waals surface area contributed by atoms with Gasteiger partial charge in [0.2, 0.25) is 0 Å². The van der Waals surface area contributed by atoms with E-state index in [1.807, 2.05) is 7.05 Å². The van der Waals surface area contributed by atoms with Gasteiger partial charge in [-0.05, 0) is 45.4 Å². The van der Waals surface area contributed by atoms with Gasteiger partial charge in [-0.3, -0.25) is 0 Å². The largest absolute Gasteiger partial charge is 0.461 e. The van der Waals surface area contributed by atoms with Crippen LogP contribution in [0.25, 0.3) is 0 Å². The van der Waals surface area contributed by atoms with Crippen molar-refractivity contribution in [1.29, 1.82) is 0 Å². The first kappa shape index (κ1) is 25.5. The molecule has 188 valence electrons. The van der Waals surface area contributed by atoms with Crippen LogP contribution in [0.1, 0.15) is 94.5 Å². The molecule has 9 heteroatoms. The third-order valence-electron chi connectivity index (χ3n) is 7.06. The topological polar surface area (TPSA) is 76.5 Å². The first-order valence-corrected chi connectivity index (χ1v) is 14.6. The summed E-state index contributed by atoms with van der Waals surface area (Å²) in [4.78, 5) is 32.3. The lowest BCUT2D eigenvalue weighted by Gasteiger charge is -2.42. The van der Waals surface area contributed by atoms with Crippen molar-refractivity contribution in [3.05, 3.63) is 23.0 Å². The molecule has 0 saturated heterocycles. The lowest BCUT2D eigenvalue weighted by atomic mass is 9.89. The number of aromatic nitrogens is 2. The van der Waals surface area contributed by atoms with Crippen molar-refractivity contribution in [2.24, 2.45) is 7.05 Å². The standard InChI is InChI=1S/C25H38N4O3S2/c1-3-32-23(30)20-17-26-25(28(20)2)34-22-16-10-15-21(33-22)27-24(31)29(18-11-6-4-7-12-18)19-13-8-5-9-14-19/h15,17-19,22H,3-14,16H2,1-2H3,(H,27,31). The molecule has 1 unspecified atom stereocenters. The normalized spacial score (nSPS) is 22.2.